The summed E-state index contributed by atoms with van der Waals surface area (Å²) in [6.07, 6.45) is 0.447. The largest absolute Gasteiger partial charge is 0.481 e. The summed E-state index contributed by atoms with van der Waals surface area (Å²) in [4.78, 5) is 42.9. The lowest BCUT2D eigenvalue weighted by molar-refractivity contribution is -0.136. The zero-order valence-corrected chi connectivity index (χ0v) is 20.9. The lowest BCUT2D eigenvalue weighted by Gasteiger charge is -2.16. The molecule has 0 fully saturated rings. The number of carboxylic acids is 1. The van der Waals surface area contributed by atoms with Gasteiger partial charge in [0.15, 0.2) is 5.13 Å². The predicted molar refractivity (Wildman–Crippen MR) is 129 cm³/mol. The van der Waals surface area contributed by atoms with Crippen molar-refractivity contribution in [2.75, 3.05) is 11.5 Å². The quantitative estimate of drug-likeness (QED) is 0.320. The molecule has 0 spiro atoms. The SMILES string of the molecule is CCCP(=O)(O)Oc1ccc(-c2csc(NC(=O)c3sc(C)nc3C)n2)cc1CCC(=O)O. The zero-order valence-electron chi connectivity index (χ0n) is 18.3. The fraction of sp³-hybridized carbons (Fsp3) is 0.333. The van der Waals surface area contributed by atoms with Crippen LogP contribution in [-0.4, -0.2) is 38.0 Å². The minimum Gasteiger partial charge on any atom is -0.481 e. The molecule has 0 aliphatic rings. The number of rotatable bonds is 10. The van der Waals surface area contributed by atoms with Crippen LogP contribution < -0.4 is 9.84 Å². The van der Waals surface area contributed by atoms with Crippen LogP contribution in [0.25, 0.3) is 11.3 Å². The number of aryl methyl sites for hydroxylation is 3. The lowest BCUT2D eigenvalue weighted by atomic mass is 10.0. The van der Waals surface area contributed by atoms with Gasteiger partial charge >= 0.3 is 13.6 Å². The smallest absolute Gasteiger partial charge is 0.376 e. The summed E-state index contributed by atoms with van der Waals surface area (Å²) in [5, 5.41) is 14.8. The molecule has 1 aromatic carbocycles. The molecule has 2 aromatic heterocycles. The van der Waals surface area contributed by atoms with Crippen LogP contribution in [0, 0.1) is 13.8 Å². The van der Waals surface area contributed by atoms with E-state index in [0.29, 0.717) is 38.9 Å². The van der Waals surface area contributed by atoms with Crippen molar-refractivity contribution in [3.8, 4) is 17.0 Å². The number of carbonyl (C=O) groups excluding carboxylic acids is 1. The Hall–Kier alpha value is -2.59. The fourth-order valence-electron chi connectivity index (χ4n) is 3.11. The minimum atomic E-state index is -3.83. The number of carboxylic acid groups (broad SMARTS) is 1. The Morgan fingerprint density at radius 3 is 2.64 bits per heavy atom. The first kappa shape index (κ1) is 25.0. The van der Waals surface area contributed by atoms with E-state index < -0.39 is 13.6 Å². The second-order valence-corrected chi connectivity index (χ2v) is 11.3. The number of carbonyl (C=O) groups is 2. The number of aromatic nitrogens is 2. The molecule has 3 N–H and O–H groups in total. The summed E-state index contributed by atoms with van der Waals surface area (Å²) >= 11 is 2.57. The van der Waals surface area contributed by atoms with Crippen LogP contribution in [-0.2, 0) is 15.8 Å². The standard InChI is InChI=1S/C21H24N3O6PS2/c1-4-9-31(28,29)30-17-7-5-14(10-15(17)6-8-18(25)26)16-11-32-21(23-16)24-20(27)19-12(2)22-13(3)33-19/h5,7,10-11H,4,6,8-9H2,1-3H3,(H,25,26)(H,28,29)(H,23,24,27). The molecule has 3 rings (SSSR count). The second-order valence-electron chi connectivity index (χ2n) is 7.31. The third-order valence-electron chi connectivity index (χ3n) is 4.55. The third kappa shape index (κ3) is 6.70. The Labute approximate surface area is 199 Å². The number of hydrogen-bond acceptors (Lipinski definition) is 8. The number of nitrogens with one attached hydrogen (secondary N) is 1. The van der Waals surface area contributed by atoms with E-state index in [9.17, 15) is 19.0 Å². The summed E-state index contributed by atoms with van der Waals surface area (Å²) in [7, 11) is -3.83. The predicted octanol–water partition coefficient (Wildman–Crippen LogP) is 5.13. The van der Waals surface area contributed by atoms with E-state index in [1.165, 1.54) is 22.7 Å². The Bertz CT molecular complexity index is 1220. The van der Waals surface area contributed by atoms with E-state index in [-0.39, 0.29) is 30.7 Å². The average Bonchev–Trinajstić information content (AvgIpc) is 3.32. The Morgan fingerprint density at radius 2 is 2.00 bits per heavy atom. The van der Waals surface area contributed by atoms with Gasteiger partial charge in [-0.25, -0.2) is 14.5 Å². The van der Waals surface area contributed by atoms with Crippen molar-refractivity contribution < 1.29 is 28.7 Å². The normalized spacial score (nSPS) is 12.8. The molecule has 1 atom stereocenters. The molecule has 9 nitrogen and oxygen atoms in total. The molecule has 1 amide bonds. The van der Waals surface area contributed by atoms with Crippen molar-refractivity contribution in [3.05, 3.63) is 44.7 Å². The van der Waals surface area contributed by atoms with Crippen LogP contribution in [0.1, 0.15) is 45.7 Å². The van der Waals surface area contributed by atoms with E-state index in [1.54, 1.807) is 37.4 Å². The van der Waals surface area contributed by atoms with Crippen LogP contribution in [0.3, 0.4) is 0 Å². The van der Waals surface area contributed by atoms with Crippen LogP contribution >= 0.6 is 30.3 Å². The van der Waals surface area contributed by atoms with Crippen molar-refractivity contribution in [1.29, 1.82) is 0 Å². The van der Waals surface area contributed by atoms with Crippen LogP contribution in [0.4, 0.5) is 5.13 Å². The lowest BCUT2D eigenvalue weighted by Crippen LogP contribution is -2.11. The van der Waals surface area contributed by atoms with E-state index >= 15 is 0 Å². The van der Waals surface area contributed by atoms with Gasteiger partial charge in [-0.1, -0.05) is 6.92 Å². The van der Waals surface area contributed by atoms with Gasteiger partial charge in [0.25, 0.3) is 5.91 Å². The molecule has 3 aromatic rings. The maximum absolute atomic E-state index is 12.5. The van der Waals surface area contributed by atoms with Crippen molar-refractivity contribution >= 4 is 47.3 Å². The van der Waals surface area contributed by atoms with Crippen LogP contribution in [0.15, 0.2) is 23.6 Å². The highest BCUT2D eigenvalue weighted by atomic mass is 32.1. The minimum absolute atomic E-state index is 0.00102. The first-order valence-electron chi connectivity index (χ1n) is 10.2. The van der Waals surface area contributed by atoms with E-state index in [4.69, 9.17) is 9.63 Å². The van der Waals surface area contributed by atoms with Crippen LogP contribution in [0.5, 0.6) is 5.75 Å². The highest BCUT2D eigenvalue weighted by Gasteiger charge is 2.22. The molecule has 0 saturated heterocycles. The third-order valence-corrected chi connectivity index (χ3v) is 7.87. The number of aliphatic carboxylic acids is 1. The molecule has 1 unspecified atom stereocenters. The Morgan fingerprint density at radius 1 is 1.24 bits per heavy atom. The van der Waals surface area contributed by atoms with Gasteiger partial charge in [0, 0.05) is 17.4 Å². The number of amides is 1. The maximum Gasteiger partial charge on any atom is 0.376 e. The molecule has 12 heteroatoms. The van der Waals surface area contributed by atoms with Gasteiger partial charge in [-0.15, -0.1) is 22.7 Å². The summed E-state index contributed by atoms with van der Waals surface area (Å²) in [6, 6.07) is 4.93. The molecule has 2 heterocycles. The van der Waals surface area contributed by atoms with Gasteiger partial charge in [0.1, 0.15) is 10.6 Å². The first-order valence-corrected chi connectivity index (χ1v) is 13.6. The van der Waals surface area contributed by atoms with Gasteiger partial charge in [0.2, 0.25) is 0 Å². The molecule has 0 aliphatic carbocycles. The maximum atomic E-state index is 12.5. The fourth-order valence-corrected chi connectivity index (χ4v) is 5.78. The van der Waals surface area contributed by atoms with Gasteiger partial charge in [-0.05, 0) is 50.5 Å². The van der Waals surface area contributed by atoms with Crippen molar-refractivity contribution in [3.63, 3.8) is 0 Å². The topological polar surface area (TPSA) is 139 Å². The van der Waals surface area contributed by atoms with Crippen molar-refractivity contribution in [1.82, 2.24) is 9.97 Å². The van der Waals surface area contributed by atoms with Gasteiger partial charge < -0.3 is 14.5 Å². The number of benzene rings is 1. The molecule has 33 heavy (non-hydrogen) atoms. The van der Waals surface area contributed by atoms with E-state index in [1.807, 2.05) is 6.92 Å². The van der Waals surface area contributed by atoms with Crippen LogP contribution in [0.2, 0.25) is 0 Å². The Kier molecular flexibility index (Phi) is 8.01. The molecular formula is C21H24N3O6PS2. The summed E-state index contributed by atoms with van der Waals surface area (Å²) in [5.41, 5.74) is 2.41. The van der Waals surface area contributed by atoms with E-state index in [2.05, 4.69) is 15.3 Å². The van der Waals surface area contributed by atoms with Gasteiger partial charge in [-0.3, -0.25) is 14.9 Å². The molecular weight excluding hydrogens is 485 g/mol. The van der Waals surface area contributed by atoms with Crippen molar-refractivity contribution in [2.24, 2.45) is 0 Å². The number of nitrogens with zero attached hydrogens (tertiary/aromatic N) is 2. The van der Waals surface area contributed by atoms with E-state index in [0.717, 1.165) is 5.01 Å². The van der Waals surface area contributed by atoms with Crippen molar-refractivity contribution in [2.45, 2.75) is 40.0 Å². The molecule has 0 bridgehead atoms. The summed E-state index contributed by atoms with van der Waals surface area (Å²) < 4.78 is 17.6. The molecule has 0 saturated carbocycles. The zero-order chi connectivity index (χ0) is 24.2. The van der Waals surface area contributed by atoms with Gasteiger partial charge in [-0.2, -0.15) is 0 Å². The second kappa shape index (κ2) is 10.6. The molecule has 176 valence electrons. The Balaban J connectivity index is 1.83. The number of hydrogen-bond donors (Lipinski definition) is 3. The first-order chi connectivity index (χ1) is 15.6. The average molecular weight is 510 g/mol. The highest BCUT2D eigenvalue weighted by Crippen LogP contribution is 2.45. The molecule has 0 aliphatic heterocycles. The number of anilines is 1. The summed E-state index contributed by atoms with van der Waals surface area (Å²) in [5.74, 6) is -1.09. The highest BCUT2D eigenvalue weighted by molar-refractivity contribution is 7.53. The summed E-state index contributed by atoms with van der Waals surface area (Å²) in [6.45, 7) is 5.39. The molecule has 0 radical (unpaired) electrons. The monoisotopic (exact) mass is 509 g/mol. The number of thiazole rings is 2. The van der Waals surface area contributed by atoms with Gasteiger partial charge in [0.05, 0.1) is 22.6 Å².